The highest BCUT2D eigenvalue weighted by molar-refractivity contribution is 7.13. The maximum atomic E-state index is 12.0. The molecule has 0 saturated heterocycles. The van der Waals surface area contributed by atoms with Gasteiger partial charge in [-0.2, -0.15) is 0 Å². The molecule has 0 spiro atoms. The van der Waals surface area contributed by atoms with E-state index in [1.807, 2.05) is 55.6 Å². The van der Waals surface area contributed by atoms with Gasteiger partial charge in [0.1, 0.15) is 10.8 Å². The number of nitrogens with zero attached hydrogens (tertiary/aromatic N) is 1. The number of rotatable bonds is 7. The normalized spacial score (nSPS) is 10.5. The van der Waals surface area contributed by atoms with Gasteiger partial charge in [-0.1, -0.05) is 42.5 Å². The Morgan fingerprint density at radius 3 is 2.73 bits per heavy atom. The Morgan fingerprint density at radius 1 is 1.12 bits per heavy atom. The summed E-state index contributed by atoms with van der Waals surface area (Å²) in [7, 11) is 0. The first-order chi connectivity index (χ1) is 12.6. The van der Waals surface area contributed by atoms with Crippen molar-refractivity contribution in [2.75, 3.05) is 13.2 Å². The van der Waals surface area contributed by atoms with E-state index < -0.39 is 0 Å². The van der Waals surface area contributed by atoms with Gasteiger partial charge in [-0.15, -0.1) is 11.3 Å². The summed E-state index contributed by atoms with van der Waals surface area (Å²) in [5, 5.41) is 5.93. The third-order valence-electron chi connectivity index (χ3n) is 4.19. The zero-order valence-corrected chi connectivity index (χ0v) is 15.8. The lowest BCUT2D eigenvalue weighted by molar-refractivity contribution is -0.123. The Hall–Kier alpha value is -2.66. The predicted molar refractivity (Wildman–Crippen MR) is 106 cm³/mol. The van der Waals surface area contributed by atoms with Crippen molar-refractivity contribution in [3.05, 3.63) is 70.7 Å². The van der Waals surface area contributed by atoms with Crippen LogP contribution < -0.4 is 10.1 Å². The smallest absolute Gasteiger partial charge is 0.257 e. The highest BCUT2D eigenvalue weighted by Gasteiger charge is 2.07. The van der Waals surface area contributed by atoms with E-state index >= 15 is 0 Å². The van der Waals surface area contributed by atoms with Crippen LogP contribution in [0.3, 0.4) is 0 Å². The van der Waals surface area contributed by atoms with Crippen molar-refractivity contribution >= 4 is 17.2 Å². The van der Waals surface area contributed by atoms with Crippen molar-refractivity contribution in [2.45, 2.75) is 20.3 Å². The fourth-order valence-corrected chi connectivity index (χ4v) is 3.40. The average molecular weight is 366 g/mol. The summed E-state index contributed by atoms with van der Waals surface area (Å²) in [5.41, 5.74) is 4.33. The lowest BCUT2D eigenvalue weighted by atomic mass is 10.1. The summed E-state index contributed by atoms with van der Waals surface area (Å²) in [4.78, 5) is 16.6. The van der Waals surface area contributed by atoms with Crippen LogP contribution in [0.4, 0.5) is 0 Å². The Bertz CT molecular complexity index is 875. The van der Waals surface area contributed by atoms with E-state index in [0.717, 1.165) is 33.1 Å². The van der Waals surface area contributed by atoms with Crippen LogP contribution in [0, 0.1) is 13.8 Å². The van der Waals surface area contributed by atoms with Crippen molar-refractivity contribution in [1.29, 1.82) is 0 Å². The third-order valence-corrected chi connectivity index (χ3v) is 5.13. The molecule has 1 heterocycles. The Morgan fingerprint density at radius 2 is 1.92 bits per heavy atom. The minimum atomic E-state index is -0.121. The first-order valence-electron chi connectivity index (χ1n) is 8.59. The molecule has 0 fully saturated rings. The fourth-order valence-electron chi connectivity index (χ4n) is 2.54. The number of amides is 1. The summed E-state index contributed by atoms with van der Waals surface area (Å²) in [5.74, 6) is 0.636. The molecule has 0 unspecified atom stereocenters. The second-order valence-corrected chi connectivity index (χ2v) is 6.95. The summed E-state index contributed by atoms with van der Waals surface area (Å²) in [6.07, 6.45) is 0.707. The number of carbonyl (C=O) groups excluding carboxylic acids is 1. The third kappa shape index (κ3) is 4.70. The van der Waals surface area contributed by atoms with Gasteiger partial charge in [0.15, 0.2) is 6.61 Å². The summed E-state index contributed by atoms with van der Waals surface area (Å²) < 4.78 is 5.62. The maximum absolute atomic E-state index is 12.0. The molecule has 4 nitrogen and oxygen atoms in total. The number of aryl methyl sites for hydroxylation is 1. The van der Waals surface area contributed by atoms with Gasteiger partial charge in [-0.25, -0.2) is 4.98 Å². The lowest BCUT2D eigenvalue weighted by Crippen LogP contribution is -2.30. The second kappa shape index (κ2) is 8.63. The molecule has 5 heteroatoms. The van der Waals surface area contributed by atoms with Crippen LogP contribution in [0.15, 0.2) is 53.9 Å². The minimum Gasteiger partial charge on any atom is -0.483 e. The highest BCUT2D eigenvalue weighted by atomic mass is 32.1. The number of aromatic nitrogens is 1. The highest BCUT2D eigenvalue weighted by Crippen LogP contribution is 2.23. The maximum Gasteiger partial charge on any atom is 0.257 e. The van der Waals surface area contributed by atoms with E-state index in [9.17, 15) is 4.79 Å². The zero-order valence-electron chi connectivity index (χ0n) is 15.0. The molecule has 0 saturated carbocycles. The van der Waals surface area contributed by atoms with Gasteiger partial charge in [-0.05, 0) is 31.0 Å². The van der Waals surface area contributed by atoms with Crippen LogP contribution in [-0.4, -0.2) is 24.0 Å². The van der Waals surface area contributed by atoms with Crippen LogP contribution in [-0.2, 0) is 11.2 Å². The molecule has 0 aliphatic rings. The topological polar surface area (TPSA) is 51.2 Å². The minimum absolute atomic E-state index is 0.0244. The van der Waals surface area contributed by atoms with E-state index in [2.05, 4.69) is 22.4 Å². The number of ether oxygens (including phenoxy) is 1. The molecule has 3 aromatic rings. The lowest BCUT2D eigenvalue weighted by Gasteiger charge is -2.10. The first kappa shape index (κ1) is 18.1. The fraction of sp³-hybridized carbons (Fsp3) is 0.238. The number of carbonyl (C=O) groups is 1. The monoisotopic (exact) mass is 366 g/mol. The van der Waals surface area contributed by atoms with Gasteiger partial charge in [0, 0.05) is 23.9 Å². The van der Waals surface area contributed by atoms with Gasteiger partial charge in [0.05, 0.1) is 5.69 Å². The zero-order chi connectivity index (χ0) is 18.4. The van der Waals surface area contributed by atoms with Gasteiger partial charge >= 0.3 is 0 Å². The molecule has 3 rings (SSSR count). The molecule has 26 heavy (non-hydrogen) atoms. The largest absolute Gasteiger partial charge is 0.483 e. The van der Waals surface area contributed by atoms with Crippen LogP contribution in [0.25, 0.3) is 10.6 Å². The SMILES string of the molecule is Cc1cccc(OCC(=O)NCCc2csc(-c3ccccc3)n2)c1C. The number of nitrogens with one attached hydrogen (secondary N) is 1. The number of benzene rings is 2. The molecule has 0 bridgehead atoms. The molecule has 1 aromatic heterocycles. The van der Waals surface area contributed by atoms with E-state index in [4.69, 9.17) is 4.74 Å². The summed E-state index contributed by atoms with van der Waals surface area (Å²) in [6, 6.07) is 16.0. The molecule has 0 radical (unpaired) electrons. The van der Waals surface area contributed by atoms with Crippen molar-refractivity contribution in [2.24, 2.45) is 0 Å². The number of hydrogen-bond donors (Lipinski definition) is 1. The van der Waals surface area contributed by atoms with E-state index in [-0.39, 0.29) is 12.5 Å². The Balaban J connectivity index is 1.44. The van der Waals surface area contributed by atoms with Gasteiger partial charge in [0.2, 0.25) is 0 Å². The number of thiazole rings is 1. The van der Waals surface area contributed by atoms with Crippen LogP contribution in [0.5, 0.6) is 5.75 Å². The standard InChI is InChI=1S/C21H22N2O2S/c1-15-7-6-10-19(16(15)2)25-13-20(24)22-12-11-18-14-26-21(23-18)17-8-4-3-5-9-17/h3-10,14H,11-13H2,1-2H3,(H,22,24). The molecule has 0 aliphatic carbocycles. The molecular formula is C21H22N2O2S. The average Bonchev–Trinajstić information content (AvgIpc) is 3.13. The molecule has 2 aromatic carbocycles. The Kier molecular flexibility index (Phi) is 6.02. The number of hydrogen-bond acceptors (Lipinski definition) is 4. The predicted octanol–water partition coefficient (Wildman–Crippen LogP) is 4.16. The molecule has 0 aliphatic heterocycles. The van der Waals surface area contributed by atoms with Crippen LogP contribution in [0.2, 0.25) is 0 Å². The summed E-state index contributed by atoms with van der Waals surface area (Å²) >= 11 is 1.62. The van der Waals surface area contributed by atoms with Gasteiger partial charge in [-0.3, -0.25) is 4.79 Å². The molecule has 0 atom stereocenters. The second-order valence-electron chi connectivity index (χ2n) is 6.10. The van der Waals surface area contributed by atoms with Gasteiger partial charge in [0.25, 0.3) is 5.91 Å². The van der Waals surface area contributed by atoms with E-state index in [0.29, 0.717) is 13.0 Å². The van der Waals surface area contributed by atoms with Crippen LogP contribution >= 0.6 is 11.3 Å². The van der Waals surface area contributed by atoms with Crippen molar-refractivity contribution in [3.63, 3.8) is 0 Å². The summed E-state index contributed by atoms with van der Waals surface area (Å²) in [6.45, 7) is 4.60. The van der Waals surface area contributed by atoms with Crippen LogP contribution in [0.1, 0.15) is 16.8 Å². The van der Waals surface area contributed by atoms with Gasteiger partial charge < -0.3 is 10.1 Å². The molecule has 134 valence electrons. The van der Waals surface area contributed by atoms with Crippen molar-refractivity contribution in [3.8, 4) is 16.3 Å². The first-order valence-corrected chi connectivity index (χ1v) is 9.47. The van der Waals surface area contributed by atoms with Crippen molar-refractivity contribution in [1.82, 2.24) is 10.3 Å². The van der Waals surface area contributed by atoms with E-state index in [1.165, 1.54) is 0 Å². The molecular weight excluding hydrogens is 344 g/mol. The Labute approximate surface area is 157 Å². The quantitative estimate of drug-likeness (QED) is 0.683. The molecule has 1 amide bonds. The van der Waals surface area contributed by atoms with Crippen molar-refractivity contribution < 1.29 is 9.53 Å². The van der Waals surface area contributed by atoms with E-state index in [1.54, 1.807) is 11.3 Å². The molecule has 1 N–H and O–H groups in total.